The molecule has 112 valence electrons. The zero-order chi connectivity index (χ0) is 13.2. The van der Waals surface area contributed by atoms with Crippen LogP contribution in [0.2, 0.25) is 0 Å². The van der Waals surface area contributed by atoms with E-state index in [1.54, 1.807) is 7.11 Å². The van der Waals surface area contributed by atoms with Crippen molar-refractivity contribution in [3.8, 4) is 0 Å². The molecule has 2 rings (SSSR count). The van der Waals surface area contributed by atoms with Crippen molar-refractivity contribution in [3.63, 3.8) is 0 Å². The molecule has 0 aliphatic heterocycles. The standard InChI is InChI=1S/C14H27N3O.HI/c1-13(2,18-4)9-16-12(15-3)17-10-14(7-8-14)11-5-6-11;/h11H,5-10H2,1-4H3,(H2,15,16,17);1H. The number of methoxy groups -OCH3 is 1. The average Bonchev–Trinajstić information content (AvgIpc) is 3.21. The van der Waals surface area contributed by atoms with Crippen LogP contribution in [0.5, 0.6) is 0 Å². The molecule has 0 radical (unpaired) electrons. The Balaban J connectivity index is 0.00000180. The normalized spacial score (nSPS) is 21.6. The number of nitrogens with one attached hydrogen (secondary N) is 2. The van der Waals surface area contributed by atoms with Crippen LogP contribution in [0.1, 0.15) is 39.5 Å². The molecule has 2 aliphatic rings. The predicted octanol–water partition coefficient (Wildman–Crippen LogP) is 2.38. The van der Waals surface area contributed by atoms with E-state index < -0.39 is 0 Å². The molecule has 0 heterocycles. The third-order valence-electron chi connectivity index (χ3n) is 4.40. The number of halogens is 1. The number of hydrogen-bond acceptors (Lipinski definition) is 2. The molecule has 2 aliphatic carbocycles. The third kappa shape index (κ3) is 4.77. The first-order valence-electron chi connectivity index (χ1n) is 7.01. The summed E-state index contributed by atoms with van der Waals surface area (Å²) in [4.78, 5) is 4.27. The lowest BCUT2D eigenvalue weighted by Crippen LogP contribution is -2.46. The van der Waals surface area contributed by atoms with Crippen molar-refractivity contribution in [1.29, 1.82) is 0 Å². The minimum absolute atomic E-state index is 0. The van der Waals surface area contributed by atoms with Crippen LogP contribution in [0.4, 0.5) is 0 Å². The van der Waals surface area contributed by atoms with Gasteiger partial charge >= 0.3 is 0 Å². The molecule has 4 nitrogen and oxygen atoms in total. The fourth-order valence-electron chi connectivity index (χ4n) is 2.43. The Bertz CT molecular complexity index is 323. The van der Waals surface area contributed by atoms with Gasteiger partial charge in [0.25, 0.3) is 0 Å². The highest BCUT2D eigenvalue weighted by atomic mass is 127. The minimum Gasteiger partial charge on any atom is -0.377 e. The van der Waals surface area contributed by atoms with Gasteiger partial charge in [-0.15, -0.1) is 24.0 Å². The smallest absolute Gasteiger partial charge is 0.191 e. The second-order valence-corrected chi connectivity index (χ2v) is 6.38. The fraction of sp³-hybridized carbons (Fsp3) is 0.929. The summed E-state index contributed by atoms with van der Waals surface area (Å²) in [6.45, 7) is 5.98. The van der Waals surface area contributed by atoms with Crippen LogP contribution in [-0.2, 0) is 4.74 Å². The van der Waals surface area contributed by atoms with E-state index in [1.165, 1.54) is 25.7 Å². The van der Waals surface area contributed by atoms with Crippen LogP contribution in [0.3, 0.4) is 0 Å². The summed E-state index contributed by atoms with van der Waals surface area (Å²) in [5, 5.41) is 6.81. The van der Waals surface area contributed by atoms with Gasteiger partial charge in [-0.3, -0.25) is 4.99 Å². The SMILES string of the molecule is CN=C(NCC(C)(C)OC)NCC1(C2CC2)CC1.I. The second kappa shape index (κ2) is 6.61. The number of aliphatic imine (C=N–C) groups is 1. The Hall–Kier alpha value is -0.0400. The van der Waals surface area contributed by atoms with Gasteiger partial charge in [0.15, 0.2) is 5.96 Å². The van der Waals surface area contributed by atoms with E-state index in [0.717, 1.165) is 25.0 Å². The Morgan fingerprint density at radius 2 is 1.95 bits per heavy atom. The van der Waals surface area contributed by atoms with Gasteiger partial charge < -0.3 is 15.4 Å². The molecule has 0 saturated heterocycles. The summed E-state index contributed by atoms with van der Waals surface area (Å²) in [5.41, 5.74) is 0.444. The summed E-state index contributed by atoms with van der Waals surface area (Å²) < 4.78 is 5.39. The maximum absolute atomic E-state index is 5.39. The van der Waals surface area contributed by atoms with Crippen molar-refractivity contribution in [2.24, 2.45) is 16.3 Å². The van der Waals surface area contributed by atoms with Crippen molar-refractivity contribution >= 4 is 29.9 Å². The zero-order valence-corrected chi connectivity index (χ0v) is 14.9. The molecular weight excluding hydrogens is 353 g/mol. The first-order chi connectivity index (χ1) is 8.51. The quantitative estimate of drug-likeness (QED) is 0.422. The molecule has 0 atom stereocenters. The Kier molecular flexibility index (Phi) is 5.92. The molecule has 2 fully saturated rings. The van der Waals surface area contributed by atoms with Crippen LogP contribution in [0.25, 0.3) is 0 Å². The summed E-state index contributed by atoms with van der Waals surface area (Å²) in [6.07, 6.45) is 5.66. The molecular formula is C14H28IN3O. The largest absolute Gasteiger partial charge is 0.377 e. The van der Waals surface area contributed by atoms with Crippen molar-refractivity contribution < 1.29 is 4.74 Å². The number of nitrogens with zero attached hydrogens (tertiary/aromatic N) is 1. The Labute approximate surface area is 134 Å². The summed E-state index contributed by atoms with van der Waals surface area (Å²) in [5.74, 6) is 1.88. The molecule has 0 aromatic heterocycles. The minimum atomic E-state index is -0.161. The number of rotatable bonds is 6. The van der Waals surface area contributed by atoms with E-state index >= 15 is 0 Å². The lowest BCUT2D eigenvalue weighted by molar-refractivity contribution is 0.0268. The fourth-order valence-corrected chi connectivity index (χ4v) is 2.43. The van der Waals surface area contributed by atoms with E-state index in [4.69, 9.17) is 4.74 Å². The van der Waals surface area contributed by atoms with Crippen LogP contribution < -0.4 is 10.6 Å². The number of guanidine groups is 1. The lowest BCUT2D eigenvalue weighted by atomic mass is 10.0. The lowest BCUT2D eigenvalue weighted by Gasteiger charge is -2.25. The van der Waals surface area contributed by atoms with Crippen molar-refractivity contribution in [1.82, 2.24) is 10.6 Å². The first-order valence-corrected chi connectivity index (χ1v) is 7.01. The van der Waals surface area contributed by atoms with Gasteiger partial charge in [-0.25, -0.2) is 0 Å². The van der Waals surface area contributed by atoms with Crippen molar-refractivity contribution in [2.45, 2.75) is 45.1 Å². The van der Waals surface area contributed by atoms with Crippen LogP contribution in [0.15, 0.2) is 4.99 Å². The maximum atomic E-state index is 5.39. The summed E-state index contributed by atoms with van der Waals surface area (Å²) in [7, 11) is 3.57. The molecule has 2 saturated carbocycles. The number of hydrogen-bond donors (Lipinski definition) is 2. The Morgan fingerprint density at radius 3 is 2.37 bits per heavy atom. The number of ether oxygens (including phenoxy) is 1. The second-order valence-electron chi connectivity index (χ2n) is 6.38. The molecule has 0 amide bonds. The predicted molar refractivity (Wildman–Crippen MR) is 90.3 cm³/mol. The van der Waals surface area contributed by atoms with Crippen LogP contribution in [0, 0.1) is 11.3 Å². The average molecular weight is 381 g/mol. The van der Waals surface area contributed by atoms with Gasteiger partial charge in [0.05, 0.1) is 5.60 Å². The molecule has 19 heavy (non-hydrogen) atoms. The van der Waals surface area contributed by atoms with Gasteiger partial charge in [0.2, 0.25) is 0 Å². The first kappa shape index (κ1) is 17.0. The van der Waals surface area contributed by atoms with Crippen molar-refractivity contribution in [2.75, 3.05) is 27.2 Å². The van der Waals surface area contributed by atoms with E-state index in [9.17, 15) is 0 Å². The van der Waals surface area contributed by atoms with E-state index in [0.29, 0.717) is 5.41 Å². The molecule has 0 spiro atoms. The topological polar surface area (TPSA) is 45.7 Å². The molecule has 0 unspecified atom stereocenters. The van der Waals surface area contributed by atoms with E-state index in [2.05, 4.69) is 29.5 Å². The summed E-state index contributed by atoms with van der Waals surface area (Å²) >= 11 is 0. The van der Waals surface area contributed by atoms with Gasteiger partial charge in [-0.05, 0) is 50.9 Å². The third-order valence-corrected chi connectivity index (χ3v) is 4.40. The van der Waals surface area contributed by atoms with Gasteiger partial charge in [-0.1, -0.05) is 0 Å². The Morgan fingerprint density at radius 1 is 1.32 bits per heavy atom. The van der Waals surface area contributed by atoms with Gasteiger partial charge in [0, 0.05) is 27.2 Å². The van der Waals surface area contributed by atoms with Gasteiger partial charge in [-0.2, -0.15) is 0 Å². The van der Waals surface area contributed by atoms with Crippen LogP contribution >= 0.6 is 24.0 Å². The highest BCUT2D eigenvalue weighted by Crippen LogP contribution is 2.60. The molecule has 2 N–H and O–H groups in total. The monoisotopic (exact) mass is 381 g/mol. The van der Waals surface area contributed by atoms with Crippen molar-refractivity contribution in [3.05, 3.63) is 0 Å². The van der Waals surface area contributed by atoms with Crippen LogP contribution in [-0.4, -0.2) is 38.8 Å². The highest BCUT2D eigenvalue weighted by Gasteiger charge is 2.53. The molecule has 0 aromatic carbocycles. The van der Waals surface area contributed by atoms with Gasteiger partial charge in [0.1, 0.15) is 0 Å². The summed E-state index contributed by atoms with van der Waals surface area (Å²) in [6, 6.07) is 0. The van der Waals surface area contributed by atoms with E-state index in [-0.39, 0.29) is 29.6 Å². The molecule has 0 aromatic rings. The maximum Gasteiger partial charge on any atom is 0.191 e. The van der Waals surface area contributed by atoms with E-state index in [1.807, 2.05) is 7.05 Å². The molecule has 0 bridgehead atoms. The molecule has 5 heteroatoms. The zero-order valence-electron chi connectivity index (χ0n) is 12.6. The highest BCUT2D eigenvalue weighted by molar-refractivity contribution is 14.0.